The van der Waals surface area contributed by atoms with Gasteiger partial charge in [0.1, 0.15) is 0 Å². The zero-order valence-corrected chi connectivity index (χ0v) is 16.9. The first-order chi connectivity index (χ1) is 13.4. The molecule has 0 bridgehead atoms. The minimum absolute atomic E-state index is 1.12. The van der Waals surface area contributed by atoms with E-state index < -0.39 is 0 Å². The van der Waals surface area contributed by atoms with Crippen molar-refractivity contribution in [3.63, 3.8) is 0 Å². The summed E-state index contributed by atoms with van der Waals surface area (Å²) in [4.78, 5) is 2.61. The van der Waals surface area contributed by atoms with Crippen LogP contribution in [-0.2, 0) is 6.54 Å². The Hall–Kier alpha value is -1.38. The monoisotopic (exact) mass is 364 g/mol. The van der Waals surface area contributed by atoms with E-state index in [0.717, 1.165) is 6.54 Å². The average Bonchev–Trinajstić information content (AvgIpc) is 2.75. The molecule has 146 valence electrons. The third-order valence-electron chi connectivity index (χ3n) is 6.75. The molecule has 0 spiro atoms. The highest BCUT2D eigenvalue weighted by atomic mass is 15.1. The molecular weight excluding hydrogens is 328 g/mol. The van der Waals surface area contributed by atoms with Crippen molar-refractivity contribution >= 4 is 0 Å². The van der Waals surface area contributed by atoms with Crippen LogP contribution >= 0.6 is 0 Å². The van der Waals surface area contributed by atoms with Crippen molar-refractivity contribution in [1.82, 2.24) is 10.2 Å². The molecule has 2 aliphatic heterocycles. The van der Waals surface area contributed by atoms with E-state index in [-0.39, 0.29) is 0 Å². The van der Waals surface area contributed by atoms with E-state index in [1.54, 1.807) is 22.3 Å². The third kappa shape index (κ3) is 5.33. The van der Waals surface area contributed by atoms with Crippen molar-refractivity contribution in [2.24, 2.45) is 0 Å². The smallest absolute Gasteiger partial charge is 0.0237 e. The lowest BCUT2D eigenvalue weighted by Crippen LogP contribution is -2.32. The van der Waals surface area contributed by atoms with Gasteiger partial charge in [0.25, 0.3) is 0 Å². The van der Waals surface area contributed by atoms with E-state index in [2.05, 4.69) is 40.5 Å². The molecule has 0 fully saturated rings. The fourth-order valence-corrected chi connectivity index (χ4v) is 5.17. The van der Waals surface area contributed by atoms with Gasteiger partial charge in [-0.3, -0.25) is 4.90 Å². The second kappa shape index (κ2) is 9.71. The molecule has 1 aromatic carbocycles. The Bertz CT molecular complexity index is 637. The van der Waals surface area contributed by atoms with Crippen molar-refractivity contribution in [3.05, 3.63) is 58.2 Å². The van der Waals surface area contributed by atoms with Crippen LogP contribution in [-0.4, -0.2) is 31.1 Å². The van der Waals surface area contributed by atoms with Crippen molar-refractivity contribution in [1.29, 1.82) is 0 Å². The van der Waals surface area contributed by atoms with Gasteiger partial charge in [0, 0.05) is 26.2 Å². The molecule has 0 amide bonds. The standard InChI is InChI=1S/C16H21N.C9H15N/c1-2-6-14(7-3-1)12-17-11-10-15-8-4-5-9-16(15)13-17;1-2-4-9-7-10-6-5-8(9)3-1/h1-3,6-7H,4-5,8-13H2;10H,1-7H2. The molecule has 0 unspecified atom stereocenters. The molecular formula is C25H36N2. The molecule has 4 aliphatic rings. The molecule has 2 aliphatic carbocycles. The van der Waals surface area contributed by atoms with Gasteiger partial charge in [-0.1, -0.05) is 52.6 Å². The maximum Gasteiger partial charge on any atom is 0.0237 e. The minimum atomic E-state index is 1.12. The summed E-state index contributed by atoms with van der Waals surface area (Å²) < 4.78 is 0. The van der Waals surface area contributed by atoms with Gasteiger partial charge >= 0.3 is 0 Å². The maximum atomic E-state index is 3.43. The Morgan fingerprint density at radius 3 is 2.11 bits per heavy atom. The summed E-state index contributed by atoms with van der Waals surface area (Å²) in [6.45, 7) is 6.02. The largest absolute Gasteiger partial charge is 0.313 e. The zero-order valence-electron chi connectivity index (χ0n) is 16.9. The van der Waals surface area contributed by atoms with E-state index in [4.69, 9.17) is 0 Å². The summed E-state index contributed by atoms with van der Waals surface area (Å²) in [5.74, 6) is 0. The average molecular weight is 365 g/mol. The van der Waals surface area contributed by atoms with Gasteiger partial charge in [0.2, 0.25) is 0 Å². The highest BCUT2D eigenvalue weighted by Gasteiger charge is 2.20. The summed E-state index contributed by atoms with van der Waals surface area (Å²) in [7, 11) is 0. The Labute approximate surface area is 165 Å². The van der Waals surface area contributed by atoms with Crippen molar-refractivity contribution in [3.8, 4) is 0 Å². The minimum Gasteiger partial charge on any atom is -0.313 e. The molecule has 0 aromatic heterocycles. The van der Waals surface area contributed by atoms with Crippen LogP contribution < -0.4 is 5.32 Å². The maximum absolute atomic E-state index is 3.43. The van der Waals surface area contributed by atoms with Crippen LogP contribution in [0.15, 0.2) is 52.6 Å². The summed E-state index contributed by atoms with van der Waals surface area (Å²) in [5, 5.41) is 3.43. The Kier molecular flexibility index (Phi) is 6.81. The third-order valence-corrected chi connectivity index (χ3v) is 6.75. The number of hydrogen-bond donors (Lipinski definition) is 1. The van der Waals surface area contributed by atoms with E-state index in [1.807, 2.05) is 0 Å². The molecule has 0 radical (unpaired) electrons. The predicted molar refractivity (Wildman–Crippen MR) is 115 cm³/mol. The predicted octanol–water partition coefficient (Wildman–Crippen LogP) is 5.61. The van der Waals surface area contributed by atoms with Crippen molar-refractivity contribution < 1.29 is 0 Å². The van der Waals surface area contributed by atoms with Gasteiger partial charge in [0.05, 0.1) is 0 Å². The number of benzene rings is 1. The van der Waals surface area contributed by atoms with Gasteiger partial charge in [-0.05, 0) is 76.3 Å². The summed E-state index contributed by atoms with van der Waals surface area (Å²) >= 11 is 0. The molecule has 0 saturated heterocycles. The first-order valence-corrected chi connectivity index (χ1v) is 11.2. The lowest BCUT2D eigenvalue weighted by molar-refractivity contribution is 0.266. The summed E-state index contributed by atoms with van der Waals surface area (Å²) in [6, 6.07) is 10.9. The van der Waals surface area contributed by atoms with Crippen LogP contribution in [0.4, 0.5) is 0 Å². The second-order valence-corrected chi connectivity index (χ2v) is 8.70. The number of rotatable bonds is 2. The van der Waals surface area contributed by atoms with Crippen LogP contribution in [0.5, 0.6) is 0 Å². The molecule has 27 heavy (non-hydrogen) atoms. The Morgan fingerprint density at radius 1 is 0.704 bits per heavy atom. The van der Waals surface area contributed by atoms with Crippen LogP contribution in [0.25, 0.3) is 0 Å². The van der Waals surface area contributed by atoms with Gasteiger partial charge in [-0.15, -0.1) is 0 Å². The lowest BCUT2D eigenvalue weighted by atomic mass is 9.87. The highest BCUT2D eigenvalue weighted by molar-refractivity contribution is 5.23. The molecule has 1 N–H and O–H groups in total. The fraction of sp³-hybridized carbons (Fsp3) is 0.600. The topological polar surface area (TPSA) is 15.3 Å². The highest BCUT2D eigenvalue weighted by Crippen LogP contribution is 2.31. The van der Waals surface area contributed by atoms with Crippen molar-refractivity contribution in [2.75, 3.05) is 26.2 Å². The fourth-order valence-electron chi connectivity index (χ4n) is 5.17. The summed E-state index contributed by atoms with van der Waals surface area (Å²) in [6.07, 6.45) is 13.9. The molecule has 2 heteroatoms. The molecule has 2 nitrogen and oxygen atoms in total. The SMILES string of the molecule is C1CCC2=C(C1)CCNC2.c1ccc(CN2CCC3=C(CCCC3)C2)cc1. The van der Waals surface area contributed by atoms with Crippen LogP contribution in [0.1, 0.15) is 69.8 Å². The van der Waals surface area contributed by atoms with Crippen LogP contribution in [0.2, 0.25) is 0 Å². The molecule has 0 atom stereocenters. The lowest BCUT2D eigenvalue weighted by Gasteiger charge is -2.33. The molecule has 0 saturated carbocycles. The number of nitrogens with zero attached hydrogens (tertiary/aromatic N) is 1. The number of hydrogen-bond acceptors (Lipinski definition) is 2. The molecule has 1 aromatic rings. The second-order valence-electron chi connectivity index (χ2n) is 8.70. The van der Waals surface area contributed by atoms with Crippen LogP contribution in [0.3, 0.4) is 0 Å². The van der Waals surface area contributed by atoms with E-state index in [9.17, 15) is 0 Å². The van der Waals surface area contributed by atoms with E-state index in [1.165, 1.54) is 96.0 Å². The number of nitrogens with one attached hydrogen (secondary N) is 1. The zero-order chi connectivity index (χ0) is 18.3. The normalized spacial score (nSPS) is 23.3. The quantitative estimate of drug-likeness (QED) is 0.686. The first kappa shape index (κ1) is 19.0. The van der Waals surface area contributed by atoms with Gasteiger partial charge in [-0.2, -0.15) is 0 Å². The summed E-state index contributed by atoms with van der Waals surface area (Å²) in [5.41, 5.74) is 8.52. The van der Waals surface area contributed by atoms with Crippen LogP contribution in [0, 0.1) is 0 Å². The van der Waals surface area contributed by atoms with Gasteiger partial charge < -0.3 is 5.32 Å². The Balaban J connectivity index is 0.000000153. The van der Waals surface area contributed by atoms with Gasteiger partial charge in [-0.25, -0.2) is 0 Å². The Morgan fingerprint density at radius 2 is 1.37 bits per heavy atom. The van der Waals surface area contributed by atoms with E-state index in [0.29, 0.717) is 0 Å². The van der Waals surface area contributed by atoms with Gasteiger partial charge in [0.15, 0.2) is 0 Å². The molecule has 2 heterocycles. The van der Waals surface area contributed by atoms with E-state index >= 15 is 0 Å². The molecule has 5 rings (SSSR count). The first-order valence-electron chi connectivity index (χ1n) is 11.2. The van der Waals surface area contributed by atoms with Crippen molar-refractivity contribution in [2.45, 2.75) is 70.8 Å².